The first kappa shape index (κ1) is 11.7. The highest BCUT2D eigenvalue weighted by Crippen LogP contribution is 2.19. The maximum absolute atomic E-state index is 4.44. The van der Waals surface area contributed by atoms with Crippen LogP contribution in [0.15, 0.2) is 4.99 Å². The predicted octanol–water partition coefficient (Wildman–Crippen LogP) is 3.23. The lowest BCUT2D eigenvalue weighted by Gasteiger charge is -2.20. The van der Waals surface area contributed by atoms with Gasteiger partial charge in [0.05, 0.1) is 6.04 Å². The van der Waals surface area contributed by atoms with E-state index in [1.165, 1.54) is 64.2 Å². The highest BCUT2D eigenvalue weighted by atomic mass is 14.9. The predicted molar refractivity (Wildman–Crippen MR) is 67.6 cm³/mol. The van der Waals surface area contributed by atoms with E-state index >= 15 is 0 Å². The second kappa shape index (κ2) is 6.75. The summed E-state index contributed by atoms with van der Waals surface area (Å²) in [6, 6.07) is 1.15. The van der Waals surface area contributed by atoms with Gasteiger partial charge in [-0.05, 0) is 25.7 Å². The van der Waals surface area contributed by atoms with Crippen LogP contribution in [0.1, 0.15) is 64.2 Å². The molecule has 2 aliphatic rings. The van der Waals surface area contributed by atoms with E-state index < -0.39 is 0 Å². The SMILES string of the molecule is [C](=C=NC1CCCCC1)NC1CCCCC1. The first-order valence-corrected chi connectivity index (χ1v) is 6.90. The minimum atomic E-state index is 0.523. The summed E-state index contributed by atoms with van der Waals surface area (Å²) >= 11 is 0. The second-order valence-electron chi connectivity index (χ2n) is 5.14. The van der Waals surface area contributed by atoms with Crippen LogP contribution in [0.4, 0.5) is 0 Å². The highest BCUT2D eigenvalue weighted by molar-refractivity contribution is 5.47. The summed E-state index contributed by atoms with van der Waals surface area (Å²) in [6.45, 7) is 0. The van der Waals surface area contributed by atoms with Crippen molar-refractivity contribution in [2.24, 2.45) is 4.99 Å². The number of hydrogen-bond donors (Lipinski definition) is 1. The average Bonchev–Trinajstić information content (AvgIpc) is 2.37. The van der Waals surface area contributed by atoms with E-state index in [4.69, 9.17) is 0 Å². The van der Waals surface area contributed by atoms with Crippen molar-refractivity contribution in [2.45, 2.75) is 76.3 Å². The Hall–Kier alpha value is -0.750. The summed E-state index contributed by atoms with van der Waals surface area (Å²) < 4.78 is 0. The van der Waals surface area contributed by atoms with E-state index in [2.05, 4.69) is 22.4 Å². The van der Waals surface area contributed by atoms with E-state index in [9.17, 15) is 0 Å². The van der Waals surface area contributed by atoms with Crippen LogP contribution in [0.25, 0.3) is 0 Å². The van der Waals surface area contributed by atoms with Crippen LogP contribution in [-0.4, -0.2) is 18.0 Å². The molecule has 1 radical (unpaired) electrons. The summed E-state index contributed by atoms with van der Waals surface area (Å²) in [5.41, 5.74) is 0. The maximum Gasteiger partial charge on any atom is 0.130 e. The lowest BCUT2D eigenvalue weighted by atomic mass is 9.96. The average molecular weight is 219 g/mol. The van der Waals surface area contributed by atoms with Crippen LogP contribution < -0.4 is 5.32 Å². The Morgan fingerprint density at radius 1 is 0.812 bits per heavy atom. The molecule has 0 aromatic heterocycles. The van der Waals surface area contributed by atoms with Gasteiger partial charge in [0.15, 0.2) is 0 Å². The molecular formula is C14H23N2. The van der Waals surface area contributed by atoms with Gasteiger partial charge in [-0.25, -0.2) is 4.99 Å². The van der Waals surface area contributed by atoms with Crippen LogP contribution in [-0.2, 0) is 0 Å². The molecule has 0 atom stereocenters. The van der Waals surface area contributed by atoms with Crippen molar-refractivity contribution in [3.05, 3.63) is 6.20 Å². The molecule has 2 rings (SSSR count). The lowest BCUT2D eigenvalue weighted by Crippen LogP contribution is -2.27. The molecule has 0 aromatic rings. The van der Waals surface area contributed by atoms with Crippen LogP contribution in [0.3, 0.4) is 0 Å². The molecule has 0 heterocycles. The largest absolute Gasteiger partial charge is 0.372 e. The van der Waals surface area contributed by atoms with Gasteiger partial charge in [0.25, 0.3) is 0 Å². The van der Waals surface area contributed by atoms with Gasteiger partial charge < -0.3 is 5.32 Å². The quantitative estimate of drug-likeness (QED) is 0.572. The molecule has 0 bridgehead atoms. The first-order valence-electron chi connectivity index (χ1n) is 6.90. The van der Waals surface area contributed by atoms with Crippen molar-refractivity contribution < 1.29 is 0 Å². The van der Waals surface area contributed by atoms with Crippen molar-refractivity contribution in [3.63, 3.8) is 0 Å². The summed E-state index contributed by atoms with van der Waals surface area (Å²) in [7, 11) is 0. The zero-order valence-corrected chi connectivity index (χ0v) is 10.2. The van der Waals surface area contributed by atoms with Gasteiger partial charge in [0.1, 0.15) is 6.20 Å². The van der Waals surface area contributed by atoms with Gasteiger partial charge in [-0.1, -0.05) is 38.5 Å². The minimum absolute atomic E-state index is 0.523. The number of aliphatic imine (C=N–C) groups is 1. The molecule has 2 heteroatoms. The molecule has 1 N–H and O–H groups in total. The van der Waals surface area contributed by atoms with E-state index in [1.807, 2.05) is 0 Å². The van der Waals surface area contributed by atoms with E-state index in [1.54, 1.807) is 0 Å². The fourth-order valence-electron chi connectivity index (χ4n) is 2.71. The van der Waals surface area contributed by atoms with E-state index in [0.717, 1.165) is 0 Å². The summed E-state index contributed by atoms with van der Waals surface area (Å²) in [4.78, 5) is 4.44. The third-order valence-corrected chi connectivity index (χ3v) is 3.76. The first-order chi connectivity index (χ1) is 7.95. The summed E-state index contributed by atoms with van der Waals surface area (Å²) in [5.74, 6) is 2.97. The Balaban J connectivity index is 1.68. The summed E-state index contributed by atoms with van der Waals surface area (Å²) in [5, 5.41) is 3.31. The van der Waals surface area contributed by atoms with Crippen molar-refractivity contribution in [1.29, 1.82) is 0 Å². The molecule has 16 heavy (non-hydrogen) atoms. The Morgan fingerprint density at radius 3 is 2.12 bits per heavy atom. The van der Waals surface area contributed by atoms with Gasteiger partial charge >= 0.3 is 0 Å². The third-order valence-electron chi connectivity index (χ3n) is 3.76. The number of nitrogens with one attached hydrogen (secondary N) is 1. The molecule has 2 nitrogen and oxygen atoms in total. The zero-order valence-electron chi connectivity index (χ0n) is 10.2. The lowest BCUT2D eigenvalue weighted by molar-refractivity contribution is 0.401. The molecule has 0 amide bonds. The maximum atomic E-state index is 4.44. The topological polar surface area (TPSA) is 24.4 Å². The third kappa shape index (κ3) is 4.02. The summed E-state index contributed by atoms with van der Waals surface area (Å²) in [6.07, 6.45) is 16.3. The monoisotopic (exact) mass is 219 g/mol. The smallest absolute Gasteiger partial charge is 0.130 e. The molecule has 0 aromatic carbocycles. The fraction of sp³-hybridized carbons (Fsp3) is 0.857. The Kier molecular flexibility index (Phi) is 4.95. The molecule has 0 unspecified atom stereocenters. The van der Waals surface area contributed by atoms with Crippen molar-refractivity contribution in [1.82, 2.24) is 5.32 Å². The normalized spacial score (nSPS) is 23.5. The standard InChI is InChI=1S/C14H23N2/c1-3-7-13(8-4-1)15-11-12-16-14-9-5-2-6-10-14/h13-15H,1-10H2. The molecule has 2 aliphatic carbocycles. The van der Waals surface area contributed by atoms with E-state index in [0.29, 0.717) is 12.1 Å². The van der Waals surface area contributed by atoms with Gasteiger partial charge in [0, 0.05) is 11.9 Å². The molecule has 0 aliphatic heterocycles. The van der Waals surface area contributed by atoms with Crippen molar-refractivity contribution >= 4 is 5.87 Å². The molecular weight excluding hydrogens is 196 g/mol. The van der Waals surface area contributed by atoms with E-state index in [-0.39, 0.29) is 0 Å². The van der Waals surface area contributed by atoms with Crippen molar-refractivity contribution in [2.75, 3.05) is 0 Å². The number of nitrogens with zero attached hydrogens (tertiary/aromatic N) is 1. The van der Waals surface area contributed by atoms with Gasteiger partial charge in [-0.15, -0.1) is 0 Å². The van der Waals surface area contributed by atoms with Crippen LogP contribution in [0, 0.1) is 6.20 Å². The Morgan fingerprint density at radius 2 is 1.44 bits per heavy atom. The number of hydrogen-bond acceptors (Lipinski definition) is 2. The molecule has 2 fully saturated rings. The zero-order chi connectivity index (χ0) is 11.1. The fourth-order valence-corrected chi connectivity index (χ4v) is 2.71. The van der Waals surface area contributed by atoms with Gasteiger partial charge in [0.2, 0.25) is 0 Å². The minimum Gasteiger partial charge on any atom is -0.372 e. The Bertz CT molecular complexity index is 241. The van der Waals surface area contributed by atoms with Crippen LogP contribution >= 0.6 is 0 Å². The molecule has 89 valence electrons. The van der Waals surface area contributed by atoms with Crippen molar-refractivity contribution in [3.8, 4) is 0 Å². The Labute approximate surface area is 99.2 Å². The van der Waals surface area contributed by atoms with Gasteiger partial charge in [-0.2, -0.15) is 0 Å². The molecule has 0 spiro atoms. The second-order valence-corrected chi connectivity index (χ2v) is 5.14. The van der Waals surface area contributed by atoms with Gasteiger partial charge in [-0.3, -0.25) is 0 Å². The molecule has 2 saturated carbocycles. The molecule has 0 saturated heterocycles. The number of rotatable bonds is 3. The highest BCUT2D eigenvalue weighted by Gasteiger charge is 2.11. The van der Waals surface area contributed by atoms with Crippen LogP contribution in [0.2, 0.25) is 0 Å². The van der Waals surface area contributed by atoms with Crippen LogP contribution in [0.5, 0.6) is 0 Å².